The van der Waals surface area contributed by atoms with Gasteiger partial charge in [0.1, 0.15) is 11.8 Å². The third-order valence-electron chi connectivity index (χ3n) is 5.16. The summed E-state index contributed by atoms with van der Waals surface area (Å²) in [5.41, 5.74) is 2.93. The normalized spacial score (nSPS) is 12.0. The van der Waals surface area contributed by atoms with Gasteiger partial charge in [-0.3, -0.25) is 14.2 Å². The van der Waals surface area contributed by atoms with Crippen molar-refractivity contribution in [2.24, 2.45) is 0 Å². The summed E-state index contributed by atoms with van der Waals surface area (Å²) < 4.78 is 12.2. The van der Waals surface area contributed by atoms with Gasteiger partial charge in [0.25, 0.3) is 5.91 Å². The average molecular weight is 429 g/mol. The number of likely N-dealkylation sites (N-methyl/N-ethyl adjacent to an activating group) is 1. The minimum Gasteiger partial charge on any atom is -0.497 e. The van der Waals surface area contributed by atoms with E-state index in [9.17, 15) is 9.59 Å². The van der Waals surface area contributed by atoms with Crippen molar-refractivity contribution in [1.82, 2.24) is 9.88 Å². The van der Waals surface area contributed by atoms with Crippen molar-refractivity contribution < 1.29 is 19.1 Å². The molecule has 0 bridgehead atoms. The van der Waals surface area contributed by atoms with Crippen LogP contribution in [0, 0.1) is 6.92 Å². The number of esters is 1. The number of nitrogens with one attached hydrogen (secondary N) is 1. The average Bonchev–Trinajstić information content (AvgIpc) is 3.02. The van der Waals surface area contributed by atoms with Crippen LogP contribution in [0.3, 0.4) is 0 Å². The van der Waals surface area contributed by atoms with Crippen LogP contribution in [-0.2, 0) is 16.0 Å². The van der Waals surface area contributed by atoms with Gasteiger partial charge >= 0.3 is 5.97 Å². The second-order valence-electron chi connectivity index (χ2n) is 6.89. The van der Waals surface area contributed by atoms with Crippen molar-refractivity contribution in [3.05, 3.63) is 64.3 Å². The van der Waals surface area contributed by atoms with Crippen molar-refractivity contribution in [3.63, 3.8) is 0 Å². The molecule has 3 aromatic rings. The van der Waals surface area contributed by atoms with Crippen molar-refractivity contribution >= 4 is 34.4 Å². The largest absolute Gasteiger partial charge is 0.497 e. The molecule has 0 aliphatic heterocycles. The molecule has 1 heterocycles. The minimum absolute atomic E-state index is 0.164. The molecule has 0 saturated carbocycles. The molecule has 0 aliphatic carbocycles. The molecule has 158 valence electrons. The summed E-state index contributed by atoms with van der Waals surface area (Å²) in [7, 11) is 3.31. The van der Waals surface area contributed by atoms with Gasteiger partial charge in [-0.05, 0) is 68.9 Å². The summed E-state index contributed by atoms with van der Waals surface area (Å²) in [6.07, 6.45) is 0.381. The Morgan fingerprint density at radius 1 is 1.17 bits per heavy atom. The molecule has 0 unspecified atom stereocenters. The number of fused-ring (bicyclic) bond motifs is 1. The van der Waals surface area contributed by atoms with Crippen LogP contribution in [0.5, 0.6) is 5.75 Å². The molecule has 1 atom stereocenters. The predicted molar refractivity (Wildman–Crippen MR) is 118 cm³/mol. The van der Waals surface area contributed by atoms with Crippen molar-refractivity contribution in [1.29, 1.82) is 0 Å². The van der Waals surface area contributed by atoms with Gasteiger partial charge < -0.3 is 14.8 Å². The lowest BCUT2D eigenvalue weighted by atomic mass is 10.0. The molecule has 3 rings (SSSR count). The zero-order valence-corrected chi connectivity index (χ0v) is 18.2. The first-order chi connectivity index (χ1) is 14.4. The van der Waals surface area contributed by atoms with Crippen LogP contribution < -0.4 is 10.1 Å². The lowest BCUT2D eigenvalue weighted by Crippen LogP contribution is -2.37. The number of carbonyl (C=O) groups is 2. The zero-order chi connectivity index (χ0) is 21.8. The molecule has 1 N–H and O–H groups in total. The highest BCUT2D eigenvalue weighted by Gasteiger charge is 2.25. The molecule has 1 aromatic heterocycles. The Balaban J connectivity index is 2.14. The van der Waals surface area contributed by atoms with Gasteiger partial charge in [0, 0.05) is 28.1 Å². The number of ether oxygens (including phenoxy) is 2. The van der Waals surface area contributed by atoms with E-state index in [4.69, 9.17) is 21.1 Å². The number of hydrogen-bond donors (Lipinski definition) is 1. The molecular weight excluding hydrogens is 404 g/mol. The maximum atomic E-state index is 13.3. The number of methoxy groups -OCH3 is 1. The van der Waals surface area contributed by atoms with E-state index in [-0.39, 0.29) is 11.9 Å². The van der Waals surface area contributed by atoms with Crippen LogP contribution >= 0.6 is 11.6 Å². The van der Waals surface area contributed by atoms with Crippen LogP contribution in [0.4, 0.5) is 0 Å². The Kier molecular flexibility index (Phi) is 6.80. The number of carbonyl (C=O) groups excluding carboxylic acids is 2. The van der Waals surface area contributed by atoms with Crippen LogP contribution in [0.2, 0.25) is 5.02 Å². The van der Waals surface area contributed by atoms with Crippen LogP contribution in [-0.4, -0.2) is 43.2 Å². The van der Waals surface area contributed by atoms with E-state index in [1.165, 1.54) is 0 Å². The number of hydrogen-bond acceptors (Lipinski definition) is 5. The van der Waals surface area contributed by atoms with Gasteiger partial charge in [-0.1, -0.05) is 11.6 Å². The molecular formula is C23H25ClN2O4. The maximum absolute atomic E-state index is 13.3. The molecule has 0 spiro atoms. The Hall–Kier alpha value is -2.83. The molecule has 6 nitrogen and oxygen atoms in total. The molecule has 0 aliphatic rings. The Bertz CT molecular complexity index is 1070. The van der Waals surface area contributed by atoms with E-state index >= 15 is 0 Å². The summed E-state index contributed by atoms with van der Waals surface area (Å²) in [6, 6.07) is 11.8. The molecule has 30 heavy (non-hydrogen) atoms. The van der Waals surface area contributed by atoms with Crippen LogP contribution in [0.15, 0.2) is 42.5 Å². The lowest BCUT2D eigenvalue weighted by molar-refractivity contribution is -0.145. The summed E-state index contributed by atoms with van der Waals surface area (Å²) in [4.78, 5) is 25.7. The minimum atomic E-state index is -0.528. The molecule has 0 radical (unpaired) electrons. The fourth-order valence-corrected chi connectivity index (χ4v) is 3.71. The number of rotatable bonds is 7. The van der Waals surface area contributed by atoms with Gasteiger partial charge in [-0.2, -0.15) is 0 Å². The SMILES string of the molecule is CCOC(=O)[C@@H](Cc1c(C)n(C(=O)c2ccc(Cl)cc2)c2ccc(OC)cc12)NC. The second kappa shape index (κ2) is 9.32. The fraction of sp³-hybridized carbons (Fsp3) is 0.304. The Morgan fingerprint density at radius 2 is 1.87 bits per heavy atom. The molecule has 2 aromatic carbocycles. The third-order valence-corrected chi connectivity index (χ3v) is 5.42. The fourth-order valence-electron chi connectivity index (χ4n) is 3.58. The maximum Gasteiger partial charge on any atom is 0.323 e. The topological polar surface area (TPSA) is 69.6 Å². The summed E-state index contributed by atoms with van der Waals surface area (Å²) in [6.45, 7) is 3.96. The quantitative estimate of drug-likeness (QED) is 0.576. The second-order valence-corrected chi connectivity index (χ2v) is 7.33. The van der Waals surface area contributed by atoms with E-state index in [2.05, 4.69) is 5.32 Å². The van der Waals surface area contributed by atoms with Crippen molar-refractivity contribution in [3.8, 4) is 5.75 Å². The van der Waals surface area contributed by atoms with E-state index < -0.39 is 6.04 Å². The highest BCUT2D eigenvalue weighted by Crippen LogP contribution is 2.31. The van der Waals surface area contributed by atoms with Gasteiger partial charge in [-0.25, -0.2) is 0 Å². The summed E-state index contributed by atoms with van der Waals surface area (Å²) in [5.74, 6) is 0.187. The van der Waals surface area contributed by atoms with E-state index in [1.807, 2.05) is 25.1 Å². The first-order valence-electron chi connectivity index (χ1n) is 9.73. The summed E-state index contributed by atoms with van der Waals surface area (Å²) in [5, 5.41) is 4.44. The van der Waals surface area contributed by atoms with E-state index in [0.29, 0.717) is 29.4 Å². The predicted octanol–water partition coefficient (Wildman–Crippen LogP) is 3.99. The Morgan fingerprint density at radius 3 is 2.47 bits per heavy atom. The highest BCUT2D eigenvalue weighted by molar-refractivity contribution is 6.30. The van der Waals surface area contributed by atoms with Gasteiger partial charge in [-0.15, -0.1) is 0 Å². The van der Waals surface area contributed by atoms with E-state index in [1.54, 1.807) is 49.9 Å². The summed E-state index contributed by atoms with van der Waals surface area (Å²) >= 11 is 5.97. The Labute approximate surface area is 180 Å². The standard InChI is InChI=1S/C23H25ClN2O4/c1-5-30-23(28)20(25-3)13-18-14(2)26(21-11-10-17(29-4)12-19(18)21)22(27)15-6-8-16(24)9-7-15/h6-12,20,25H,5,13H2,1-4H3/t20-/m1/s1. The van der Waals surface area contributed by atoms with Crippen LogP contribution in [0.25, 0.3) is 10.9 Å². The molecule has 7 heteroatoms. The number of halogens is 1. The first kappa shape index (κ1) is 21.9. The third kappa shape index (κ3) is 4.20. The number of benzene rings is 2. The van der Waals surface area contributed by atoms with E-state index in [0.717, 1.165) is 22.2 Å². The van der Waals surface area contributed by atoms with Crippen molar-refractivity contribution in [2.75, 3.05) is 20.8 Å². The number of nitrogens with zero attached hydrogens (tertiary/aromatic N) is 1. The highest BCUT2D eigenvalue weighted by atomic mass is 35.5. The van der Waals surface area contributed by atoms with Crippen LogP contribution in [0.1, 0.15) is 28.5 Å². The molecule has 0 saturated heterocycles. The zero-order valence-electron chi connectivity index (χ0n) is 17.5. The van der Waals surface area contributed by atoms with Gasteiger partial charge in [0.05, 0.1) is 19.2 Å². The molecule has 0 fully saturated rings. The molecule has 0 amide bonds. The lowest BCUT2D eigenvalue weighted by Gasteiger charge is -2.15. The van der Waals surface area contributed by atoms with Crippen molar-refractivity contribution in [2.45, 2.75) is 26.3 Å². The first-order valence-corrected chi connectivity index (χ1v) is 10.1. The monoisotopic (exact) mass is 428 g/mol. The van der Waals surface area contributed by atoms with Gasteiger partial charge in [0.15, 0.2) is 0 Å². The van der Waals surface area contributed by atoms with Gasteiger partial charge in [0.2, 0.25) is 0 Å². The smallest absolute Gasteiger partial charge is 0.323 e. The number of aromatic nitrogens is 1.